The Labute approximate surface area is 187 Å². The summed E-state index contributed by atoms with van der Waals surface area (Å²) in [7, 11) is 4.31. The van der Waals surface area contributed by atoms with Gasteiger partial charge in [-0.1, -0.05) is 58.2 Å². The standard InChI is InChI=1S/C24H25Cl2N3O/c1-29(2)23(18-10-12-20(25)13-11-18)17-8-6-16(7-9-17)14-22-27-24(28-30-22)19-4-3-5-21(26)15-19/h3-5,10-15,17,23H,6-9H2,1-2H3. The summed E-state index contributed by atoms with van der Waals surface area (Å²) in [4.78, 5) is 6.84. The van der Waals surface area contributed by atoms with E-state index in [9.17, 15) is 0 Å². The van der Waals surface area contributed by atoms with Crippen molar-refractivity contribution in [3.63, 3.8) is 0 Å². The monoisotopic (exact) mass is 441 g/mol. The average molecular weight is 442 g/mol. The van der Waals surface area contributed by atoms with Crippen LogP contribution in [0.15, 0.2) is 58.6 Å². The normalized spacial score (nSPS) is 17.9. The lowest BCUT2D eigenvalue weighted by Gasteiger charge is -2.36. The summed E-state index contributed by atoms with van der Waals surface area (Å²) >= 11 is 12.1. The summed E-state index contributed by atoms with van der Waals surface area (Å²) in [5.74, 6) is 1.72. The number of hydrogen-bond donors (Lipinski definition) is 0. The van der Waals surface area contributed by atoms with Crippen molar-refractivity contribution >= 4 is 29.3 Å². The highest BCUT2D eigenvalue weighted by molar-refractivity contribution is 6.31. The Hall–Kier alpha value is -2.14. The van der Waals surface area contributed by atoms with E-state index in [4.69, 9.17) is 27.7 Å². The first-order valence-electron chi connectivity index (χ1n) is 10.2. The van der Waals surface area contributed by atoms with Crippen LogP contribution in [0.2, 0.25) is 10.0 Å². The molecule has 0 amide bonds. The first kappa shape index (κ1) is 21.1. The molecule has 0 bridgehead atoms. The van der Waals surface area contributed by atoms with Gasteiger partial charge in [-0.15, -0.1) is 0 Å². The molecule has 1 saturated carbocycles. The van der Waals surface area contributed by atoms with Gasteiger partial charge < -0.3 is 9.42 Å². The molecule has 0 spiro atoms. The summed E-state index contributed by atoms with van der Waals surface area (Å²) in [5, 5.41) is 5.54. The van der Waals surface area contributed by atoms with Crippen LogP contribution in [0.3, 0.4) is 0 Å². The molecule has 4 rings (SSSR count). The Morgan fingerprint density at radius 1 is 1.03 bits per heavy atom. The third-order valence-corrected chi connectivity index (χ3v) is 6.23. The van der Waals surface area contributed by atoms with Gasteiger partial charge in [-0.3, -0.25) is 0 Å². The molecule has 1 unspecified atom stereocenters. The number of aromatic nitrogens is 2. The summed E-state index contributed by atoms with van der Waals surface area (Å²) < 4.78 is 5.45. The Balaban J connectivity index is 1.44. The molecule has 1 atom stereocenters. The molecule has 30 heavy (non-hydrogen) atoms. The topological polar surface area (TPSA) is 42.2 Å². The predicted molar refractivity (Wildman–Crippen MR) is 123 cm³/mol. The molecule has 0 aliphatic heterocycles. The van der Waals surface area contributed by atoms with Crippen molar-refractivity contribution in [2.45, 2.75) is 31.7 Å². The Bertz CT molecular complexity index is 1020. The molecule has 1 aliphatic carbocycles. The molecular formula is C24H25Cl2N3O. The zero-order chi connectivity index (χ0) is 21.1. The van der Waals surface area contributed by atoms with Crippen LogP contribution < -0.4 is 0 Å². The minimum atomic E-state index is 0.390. The predicted octanol–water partition coefficient (Wildman–Crippen LogP) is 6.92. The maximum atomic E-state index is 6.08. The van der Waals surface area contributed by atoms with Gasteiger partial charge in [0.25, 0.3) is 5.89 Å². The SMILES string of the molecule is CN(C)C(c1ccc(Cl)cc1)C1CCC(=Cc2nc(-c3cccc(Cl)c3)no2)CC1. The van der Waals surface area contributed by atoms with Crippen molar-refractivity contribution in [1.29, 1.82) is 0 Å². The fourth-order valence-electron chi connectivity index (χ4n) is 4.34. The maximum Gasteiger partial charge on any atom is 0.250 e. The summed E-state index contributed by atoms with van der Waals surface area (Å²) in [5.41, 5.74) is 3.54. The molecule has 156 valence electrons. The second kappa shape index (κ2) is 9.34. The maximum absolute atomic E-state index is 6.08. The lowest BCUT2D eigenvalue weighted by atomic mass is 9.78. The molecule has 1 aromatic heterocycles. The third-order valence-electron chi connectivity index (χ3n) is 5.74. The molecule has 0 saturated heterocycles. The Kier molecular flexibility index (Phi) is 6.57. The molecule has 2 aromatic carbocycles. The van der Waals surface area contributed by atoms with Gasteiger partial charge in [-0.05, 0) is 75.5 Å². The van der Waals surface area contributed by atoms with E-state index in [1.165, 1.54) is 11.1 Å². The van der Waals surface area contributed by atoms with Gasteiger partial charge in [0.15, 0.2) is 0 Å². The molecule has 1 heterocycles. The fourth-order valence-corrected chi connectivity index (χ4v) is 4.65. The van der Waals surface area contributed by atoms with E-state index in [0.29, 0.717) is 28.7 Å². The second-order valence-electron chi connectivity index (χ2n) is 8.07. The van der Waals surface area contributed by atoms with Crippen molar-refractivity contribution < 1.29 is 4.52 Å². The average Bonchev–Trinajstić information content (AvgIpc) is 3.19. The molecule has 3 aromatic rings. The summed E-state index contributed by atoms with van der Waals surface area (Å²) in [6.45, 7) is 0. The van der Waals surface area contributed by atoms with Crippen LogP contribution in [0.25, 0.3) is 17.5 Å². The van der Waals surface area contributed by atoms with Crippen molar-refractivity contribution in [2.24, 2.45) is 5.92 Å². The van der Waals surface area contributed by atoms with Crippen LogP contribution in [0.5, 0.6) is 0 Å². The van der Waals surface area contributed by atoms with Gasteiger partial charge in [-0.2, -0.15) is 4.98 Å². The van der Waals surface area contributed by atoms with Crippen LogP contribution in [0.4, 0.5) is 0 Å². The van der Waals surface area contributed by atoms with E-state index in [1.807, 2.05) is 42.5 Å². The molecule has 6 heteroatoms. The number of benzene rings is 2. The van der Waals surface area contributed by atoms with Gasteiger partial charge in [0.05, 0.1) is 0 Å². The molecule has 1 fully saturated rings. The van der Waals surface area contributed by atoms with Crippen LogP contribution >= 0.6 is 23.2 Å². The van der Waals surface area contributed by atoms with E-state index < -0.39 is 0 Å². The highest BCUT2D eigenvalue weighted by Gasteiger charge is 2.28. The van der Waals surface area contributed by atoms with Crippen molar-refractivity contribution in [1.82, 2.24) is 15.0 Å². The zero-order valence-corrected chi connectivity index (χ0v) is 18.7. The Morgan fingerprint density at radius 3 is 2.43 bits per heavy atom. The highest BCUT2D eigenvalue weighted by atomic mass is 35.5. The molecule has 4 nitrogen and oxygen atoms in total. The fraction of sp³-hybridized carbons (Fsp3) is 0.333. The quantitative estimate of drug-likeness (QED) is 0.430. The zero-order valence-electron chi connectivity index (χ0n) is 17.2. The number of halogens is 2. The van der Waals surface area contributed by atoms with Gasteiger partial charge in [-0.25, -0.2) is 0 Å². The highest BCUT2D eigenvalue weighted by Crippen LogP contribution is 2.39. The summed E-state index contributed by atoms with van der Waals surface area (Å²) in [6, 6.07) is 16.1. The third kappa shape index (κ3) is 4.94. The van der Waals surface area contributed by atoms with Crippen molar-refractivity contribution in [3.8, 4) is 11.4 Å². The summed E-state index contributed by atoms with van der Waals surface area (Å²) in [6.07, 6.45) is 6.39. The molecular weight excluding hydrogens is 417 g/mol. The minimum absolute atomic E-state index is 0.390. The van der Waals surface area contributed by atoms with Crippen molar-refractivity contribution in [2.75, 3.05) is 14.1 Å². The number of rotatable bonds is 5. The van der Waals surface area contributed by atoms with Crippen LogP contribution in [0.1, 0.15) is 43.2 Å². The smallest absolute Gasteiger partial charge is 0.250 e. The number of nitrogens with zero attached hydrogens (tertiary/aromatic N) is 3. The van der Waals surface area contributed by atoms with Crippen LogP contribution in [-0.2, 0) is 0 Å². The van der Waals surface area contributed by atoms with E-state index >= 15 is 0 Å². The van der Waals surface area contributed by atoms with E-state index in [0.717, 1.165) is 36.3 Å². The van der Waals surface area contributed by atoms with Gasteiger partial charge >= 0.3 is 0 Å². The minimum Gasteiger partial charge on any atom is -0.334 e. The first-order valence-corrected chi connectivity index (χ1v) is 11.0. The van der Waals surface area contributed by atoms with Gasteiger partial charge in [0.2, 0.25) is 5.82 Å². The van der Waals surface area contributed by atoms with Crippen LogP contribution in [0, 0.1) is 5.92 Å². The second-order valence-corrected chi connectivity index (χ2v) is 8.94. The molecule has 0 radical (unpaired) electrons. The Morgan fingerprint density at radius 2 is 1.77 bits per heavy atom. The number of allylic oxidation sites excluding steroid dienone is 1. The molecule has 1 aliphatic rings. The van der Waals surface area contributed by atoms with Gasteiger partial charge in [0.1, 0.15) is 0 Å². The molecule has 0 N–H and O–H groups in total. The van der Waals surface area contributed by atoms with E-state index in [1.54, 1.807) is 0 Å². The largest absolute Gasteiger partial charge is 0.334 e. The van der Waals surface area contributed by atoms with Crippen LogP contribution in [-0.4, -0.2) is 29.1 Å². The lowest BCUT2D eigenvalue weighted by molar-refractivity contribution is 0.184. The van der Waals surface area contributed by atoms with E-state index in [2.05, 4.69) is 41.3 Å². The number of hydrogen-bond acceptors (Lipinski definition) is 4. The lowest BCUT2D eigenvalue weighted by Crippen LogP contribution is -2.29. The van der Waals surface area contributed by atoms with Crippen molar-refractivity contribution in [3.05, 3.63) is 75.6 Å². The first-order chi connectivity index (χ1) is 14.5. The van der Waals surface area contributed by atoms with E-state index in [-0.39, 0.29) is 0 Å². The van der Waals surface area contributed by atoms with Gasteiger partial charge in [0, 0.05) is 27.7 Å².